The van der Waals surface area contributed by atoms with Crippen molar-refractivity contribution < 1.29 is 4.79 Å². The van der Waals surface area contributed by atoms with Crippen LogP contribution in [0.25, 0.3) is 0 Å². The van der Waals surface area contributed by atoms with Gasteiger partial charge in [0, 0.05) is 57.7 Å². The second kappa shape index (κ2) is 11.3. The van der Waals surface area contributed by atoms with Gasteiger partial charge in [-0.3, -0.25) is 19.7 Å². The van der Waals surface area contributed by atoms with Gasteiger partial charge in [-0.2, -0.15) is 0 Å². The van der Waals surface area contributed by atoms with Crippen molar-refractivity contribution >= 4 is 35.8 Å². The monoisotopic (exact) mass is 474 g/mol. The number of hydrogen-bond donors (Lipinski definition) is 3. The van der Waals surface area contributed by atoms with Crippen molar-refractivity contribution in [2.45, 2.75) is 32.9 Å². The van der Waals surface area contributed by atoms with Crippen LogP contribution in [0.2, 0.25) is 0 Å². The van der Waals surface area contributed by atoms with Gasteiger partial charge in [0.15, 0.2) is 5.96 Å². The van der Waals surface area contributed by atoms with Crippen LogP contribution in [0.4, 0.5) is 0 Å². The van der Waals surface area contributed by atoms with Gasteiger partial charge in [-0.25, -0.2) is 0 Å². The first kappa shape index (κ1) is 22.6. The largest absolute Gasteiger partial charge is 0.355 e. The fourth-order valence-electron chi connectivity index (χ4n) is 2.94. The minimum Gasteiger partial charge on any atom is -0.355 e. The molecule has 2 rings (SSSR count). The van der Waals surface area contributed by atoms with E-state index in [1.165, 1.54) is 0 Å². The predicted molar refractivity (Wildman–Crippen MR) is 116 cm³/mol. The van der Waals surface area contributed by atoms with E-state index < -0.39 is 0 Å². The van der Waals surface area contributed by atoms with Crippen LogP contribution in [0.5, 0.6) is 0 Å². The summed E-state index contributed by atoms with van der Waals surface area (Å²) < 4.78 is 0. The van der Waals surface area contributed by atoms with Crippen LogP contribution in [-0.4, -0.2) is 67.1 Å². The first-order valence-corrected chi connectivity index (χ1v) is 8.90. The highest BCUT2D eigenvalue weighted by atomic mass is 127. The van der Waals surface area contributed by atoms with E-state index in [-0.39, 0.29) is 29.9 Å². The molecule has 2 heterocycles. The fraction of sp³-hybridized carbons (Fsp3) is 0.611. The first-order chi connectivity index (χ1) is 12.0. The number of halogens is 1. The Balaban J connectivity index is 0.00000338. The van der Waals surface area contributed by atoms with E-state index in [0.29, 0.717) is 36.7 Å². The van der Waals surface area contributed by atoms with E-state index in [1.54, 1.807) is 31.6 Å². The molecule has 0 aliphatic carbocycles. The SMILES string of the molecule is CN=C(NCCNC(=O)c1cccnc1)NC1CN(C(C)C)CC1C.I. The van der Waals surface area contributed by atoms with Gasteiger partial charge < -0.3 is 16.0 Å². The molecule has 7 nitrogen and oxygen atoms in total. The van der Waals surface area contributed by atoms with E-state index in [2.05, 4.69) is 51.6 Å². The molecule has 1 aliphatic rings. The lowest BCUT2D eigenvalue weighted by Crippen LogP contribution is -2.48. The zero-order valence-corrected chi connectivity index (χ0v) is 18.4. The lowest BCUT2D eigenvalue weighted by molar-refractivity contribution is 0.0954. The summed E-state index contributed by atoms with van der Waals surface area (Å²) in [5.74, 6) is 1.24. The van der Waals surface area contributed by atoms with Gasteiger partial charge >= 0.3 is 0 Å². The van der Waals surface area contributed by atoms with Crippen molar-refractivity contribution in [3.05, 3.63) is 30.1 Å². The molecule has 146 valence electrons. The zero-order chi connectivity index (χ0) is 18.2. The lowest BCUT2D eigenvalue weighted by Gasteiger charge is -2.22. The predicted octanol–water partition coefficient (Wildman–Crippen LogP) is 1.32. The van der Waals surface area contributed by atoms with E-state index in [0.717, 1.165) is 19.0 Å². The number of nitrogens with one attached hydrogen (secondary N) is 3. The molecule has 1 aromatic heterocycles. The molecule has 1 fully saturated rings. The number of amides is 1. The third kappa shape index (κ3) is 6.71. The number of likely N-dealkylation sites (tertiary alicyclic amines) is 1. The molecule has 1 aromatic rings. The summed E-state index contributed by atoms with van der Waals surface area (Å²) in [6.07, 6.45) is 3.21. The minimum absolute atomic E-state index is 0. The van der Waals surface area contributed by atoms with Crippen LogP contribution in [0.3, 0.4) is 0 Å². The maximum absolute atomic E-state index is 12.0. The molecule has 2 atom stereocenters. The molecule has 1 amide bonds. The van der Waals surface area contributed by atoms with Crippen LogP contribution in [-0.2, 0) is 0 Å². The third-order valence-corrected chi connectivity index (χ3v) is 4.54. The molecule has 26 heavy (non-hydrogen) atoms. The van der Waals surface area contributed by atoms with Gasteiger partial charge in [0.1, 0.15) is 0 Å². The average Bonchev–Trinajstić information content (AvgIpc) is 2.99. The zero-order valence-electron chi connectivity index (χ0n) is 16.0. The molecule has 3 N–H and O–H groups in total. The van der Waals surface area contributed by atoms with Crippen LogP contribution in [0.1, 0.15) is 31.1 Å². The average molecular weight is 474 g/mol. The molecule has 0 aromatic carbocycles. The number of hydrogen-bond acceptors (Lipinski definition) is 4. The molecule has 1 aliphatic heterocycles. The Morgan fingerprint density at radius 2 is 2.08 bits per heavy atom. The van der Waals surface area contributed by atoms with Crippen molar-refractivity contribution in [2.24, 2.45) is 10.9 Å². The summed E-state index contributed by atoms with van der Waals surface area (Å²) >= 11 is 0. The van der Waals surface area contributed by atoms with Crippen molar-refractivity contribution in [3.63, 3.8) is 0 Å². The third-order valence-electron chi connectivity index (χ3n) is 4.54. The molecule has 0 saturated carbocycles. The van der Waals surface area contributed by atoms with Gasteiger partial charge in [0.2, 0.25) is 0 Å². The van der Waals surface area contributed by atoms with E-state index >= 15 is 0 Å². The van der Waals surface area contributed by atoms with Gasteiger partial charge in [-0.15, -0.1) is 24.0 Å². The Labute approximate surface area is 173 Å². The molecule has 8 heteroatoms. The highest BCUT2D eigenvalue weighted by Crippen LogP contribution is 2.18. The van der Waals surface area contributed by atoms with Gasteiger partial charge in [-0.1, -0.05) is 6.92 Å². The number of guanidine groups is 1. The molecular weight excluding hydrogens is 443 g/mol. The van der Waals surface area contributed by atoms with E-state index in [4.69, 9.17) is 0 Å². The molecular formula is C18H31IN6O. The topological polar surface area (TPSA) is 81.6 Å². The highest BCUT2D eigenvalue weighted by molar-refractivity contribution is 14.0. The van der Waals surface area contributed by atoms with Crippen LogP contribution < -0.4 is 16.0 Å². The fourth-order valence-corrected chi connectivity index (χ4v) is 2.94. The van der Waals surface area contributed by atoms with Crippen molar-refractivity contribution in [1.29, 1.82) is 0 Å². The van der Waals surface area contributed by atoms with E-state index in [9.17, 15) is 4.79 Å². The van der Waals surface area contributed by atoms with Crippen molar-refractivity contribution in [1.82, 2.24) is 25.8 Å². The number of aliphatic imine (C=N–C) groups is 1. The second-order valence-corrected chi connectivity index (χ2v) is 6.77. The molecule has 0 spiro atoms. The maximum atomic E-state index is 12.0. The minimum atomic E-state index is -0.116. The second-order valence-electron chi connectivity index (χ2n) is 6.77. The highest BCUT2D eigenvalue weighted by Gasteiger charge is 2.31. The van der Waals surface area contributed by atoms with Crippen LogP contribution >= 0.6 is 24.0 Å². The lowest BCUT2D eigenvalue weighted by atomic mass is 10.1. The van der Waals surface area contributed by atoms with Gasteiger partial charge in [0.25, 0.3) is 5.91 Å². The van der Waals surface area contributed by atoms with Gasteiger partial charge in [0.05, 0.1) is 5.56 Å². The number of nitrogens with zero attached hydrogens (tertiary/aromatic N) is 3. The summed E-state index contributed by atoms with van der Waals surface area (Å²) in [5, 5.41) is 9.62. The van der Waals surface area contributed by atoms with Crippen molar-refractivity contribution in [3.8, 4) is 0 Å². The number of pyridine rings is 1. The summed E-state index contributed by atoms with van der Waals surface area (Å²) in [4.78, 5) is 22.7. The van der Waals surface area contributed by atoms with E-state index in [1.807, 2.05) is 0 Å². The Morgan fingerprint density at radius 3 is 2.65 bits per heavy atom. The Hall–Kier alpha value is -1.42. The number of rotatable bonds is 6. The summed E-state index contributed by atoms with van der Waals surface area (Å²) in [7, 11) is 1.77. The first-order valence-electron chi connectivity index (χ1n) is 8.90. The number of carbonyl (C=O) groups excluding carboxylic acids is 1. The van der Waals surface area contributed by atoms with Crippen molar-refractivity contribution in [2.75, 3.05) is 33.2 Å². The summed E-state index contributed by atoms with van der Waals surface area (Å²) in [5.41, 5.74) is 0.568. The molecule has 0 radical (unpaired) electrons. The van der Waals surface area contributed by atoms with Gasteiger partial charge in [-0.05, 0) is 31.9 Å². The molecule has 0 bridgehead atoms. The Morgan fingerprint density at radius 1 is 1.35 bits per heavy atom. The van der Waals surface area contributed by atoms with Crippen LogP contribution in [0, 0.1) is 5.92 Å². The smallest absolute Gasteiger partial charge is 0.252 e. The van der Waals surface area contributed by atoms with Crippen LogP contribution in [0.15, 0.2) is 29.5 Å². The summed E-state index contributed by atoms with van der Waals surface area (Å²) in [6, 6.07) is 4.45. The Bertz CT molecular complexity index is 580. The molecule has 1 saturated heterocycles. The quantitative estimate of drug-likeness (QED) is 0.251. The molecule has 2 unspecified atom stereocenters. The number of aromatic nitrogens is 1. The maximum Gasteiger partial charge on any atom is 0.252 e. The normalized spacial score (nSPS) is 20.6. The number of carbonyl (C=O) groups is 1. The Kier molecular flexibility index (Phi) is 9.85. The standard InChI is InChI=1S/C18H30N6O.HI/c1-13(2)24-11-14(3)16(12-24)23-18(19-4)22-9-8-21-17(25)15-6-5-7-20-10-15;/h5-7,10,13-14,16H,8-9,11-12H2,1-4H3,(H,21,25)(H2,19,22,23);1H. The summed E-state index contributed by atoms with van der Waals surface area (Å²) in [6.45, 7) is 9.99.